The predicted octanol–water partition coefficient (Wildman–Crippen LogP) is 2.78. The van der Waals surface area contributed by atoms with Crippen molar-refractivity contribution < 1.29 is 4.74 Å². The lowest BCUT2D eigenvalue weighted by Crippen LogP contribution is -2.55. The number of nitrogens with one attached hydrogen (secondary N) is 2. The van der Waals surface area contributed by atoms with Gasteiger partial charge in [-0.1, -0.05) is 24.6 Å². The molecular weight excluding hydrogens is 427 g/mol. The molecule has 0 aliphatic carbocycles. The van der Waals surface area contributed by atoms with Gasteiger partial charge in [0.1, 0.15) is 0 Å². The lowest BCUT2D eigenvalue weighted by molar-refractivity contribution is -0.0971. The van der Waals surface area contributed by atoms with Crippen molar-refractivity contribution in [3.05, 3.63) is 29.8 Å². The van der Waals surface area contributed by atoms with Crippen LogP contribution in [0.1, 0.15) is 25.3 Å². The van der Waals surface area contributed by atoms with Crippen LogP contribution in [0.15, 0.2) is 29.3 Å². The van der Waals surface area contributed by atoms with Crippen molar-refractivity contribution in [2.75, 3.05) is 44.8 Å². The molecule has 0 spiro atoms. The Morgan fingerprint density at radius 3 is 2.64 bits per heavy atom. The minimum Gasteiger partial charge on any atom is -0.380 e. The number of ether oxygens (including phenoxy) is 1. The molecule has 2 saturated heterocycles. The van der Waals surface area contributed by atoms with Crippen LogP contribution < -0.4 is 15.5 Å². The fraction of sp³-hybridized carbons (Fsp3) is 0.632. The molecule has 0 bridgehead atoms. The number of aryl methyl sites for hydroxylation is 1. The van der Waals surface area contributed by atoms with E-state index in [0.717, 1.165) is 38.8 Å². The number of rotatable bonds is 4. The van der Waals surface area contributed by atoms with Gasteiger partial charge in [-0.25, -0.2) is 0 Å². The molecule has 140 valence electrons. The number of hydrogen-bond donors (Lipinski definition) is 2. The summed E-state index contributed by atoms with van der Waals surface area (Å²) < 4.78 is 5.32. The third kappa shape index (κ3) is 5.48. The number of guanidine groups is 1. The number of benzene rings is 1. The third-order valence-corrected chi connectivity index (χ3v) is 4.97. The van der Waals surface area contributed by atoms with E-state index < -0.39 is 0 Å². The van der Waals surface area contributed by atoms with Crippen LogP contribution in [-0.2, 0) is 4.74 Å². The number of anilines is 1. The fourth-order valence-electron chi connectivity index (χ4n) is 3.32. The number of aliphatic imine (C=N–C) groups is 1. The molecule has 2 aliphatic heterocycles. The molecule has 0 amide bonds. The van der Waals surface area contributed by atoms with E-state index in [4.69, 9.17) is 4.74 Å². The maximum Gasteiger partial charge on any atom is 0.191 e. The summed E-state index contributed by atoms with van der Waals surface area (Å²) in [6.07, 6.45) is 2.39. The molecule has 1 unspecified atom stereocenters. The average molecular weight is 458 g/mol. The zero-order chi connectivity index (χ0) is 17.0. The molecular formula is C19H31IN4O. The molecule has 2 heterocycles. The van der Waals surface area contributed by atoms with Crippen molar-refractivity contribution in [1.82, 2.24) is 10.6 Å². The van der Waals surface area contributed by atoms with Crippen LogP contribution in [0.25, 0.3) is 0 Å². The lowest BCUT2D eigenvalue weighted by atomic mass is 9.89. The minimum atomic E-state index is 0. The van der Waals surface area contributed by atoms with Gasteiger partial charge in [0.05, 0.1) is 13.2 Å². The molecule has 3 rings (SSSR count). The van der Waals surface area contributed by atoms with Crippen LogP contribution in [0, 0.1) is 12.3 Å². The molecule has 1 aromatic rings. The van der Waals surface area contributed by atoms with Gasteiger partial charge in [0.25, 0.3) is 0 Å². The second-order valence-corrected chi connectivity index (χ2v) is 7.49. The Labute approximate surface area is 168 Å². The Kier molecular flexibility index (Phi) is 7.37. The van der Waals surface area contributed by atoms with Gasteiger partial charge >= 0.3 is 0 Å². The van der Waals surface area contributed by atoms with Crippen molar-refractivity contribution in [1.29, 1.82) is 0 Å². The average Bonchev–Trinajstić information content (AvgIpc) is 2.58. The molecule has 25 heavy (non-hydrogen) atoms. The lowest BCUT2D eigenvalue weighted by Gasteiger charge is -2.39. The zero-order valence-electron chi connectivity index (χ0n) is 15.5. The van der Waals surface area contributed by atoms with Gasteiger partial charge < -0.3 is 20.3 Å². The van der Waals surface area contributed by atoms with Crippen molar-refractivity contribution in [3.63, 3.8) is 0 Å². The summed E-state index contributed by atoms with van der Waals surface area (Å²) in [7, 11) is 1.84. The Bertz CT molecular complexity index is 571. The first kappa shape index (κ1) is 20.3. The van der Waals surface area contributed by atoms with Crippen molar-refractivity contribution in [2.45, 2.75) is 32.7 Å². The van der Waals surface area contributed by atoms with E-state index in [0.29, 0.717) is 6.04 Å². The molecule has 0 radical (unpaired) electrons. The van der Waals surface area contributed by atoms with Crippen LogP contribution >= 0.6 is 24.0 Å². The van der Waals surface area contributed by atoms with Crippen molar-refractivity contribution in [3.8, 4) is 0 Å². The molecule has 2 aliphatic rings. The van der Waals surface area contributed by atoms with Gasteiger partial charge in [-0.05, 0) is 31.9 Å². The van der Waals surface area contributed by atoms with Crippen LogP contribution in [0.3, 0.4) is 0 Å². The highest BCUT2D eigenvalue weighted by atomic mass is 127. The van der Waals surface area contributed by atoms with Crippen LogP contribution in [-0.4, -0.2) is 51.9 Å². The van der Waals surface area contributed by atoms with Gasteiger partial charge in [0, 0.05) is 43.8 Å². The third-order valence-electron chi connectivity index (χ3n) is 4.97. The van der Waals surface area contributed by atoms with Crippen molar-refractivity contribution in [2.24, 2.45) is 10.4 Å². The first-order chi connectivity index (χ1) is 11.6. The maximum absolute atomic E-state index is 5.32. The SMILES string of the molecule is CN=C(NCC1(C)COC1)NC1CCCN(c2ccc(C)cc2)C1.I. The van der Waals surface area contributed by atoms with Gasteiger partial charge in [-0.2, -0.15) is 0 Å². The van der Waals surface area contributed by atoms with Crippen molar-refractivity contribution >= 4 is 35.6 Å². The van der Waals surface area contributed by atoms with Crippen LogP contribution in [0.2, 0.25) is 0 Å². The number of nitrogens with zero attached hydrogens (tertiary/aromatic N) is 2. The molecule has 0 aromatic heterocycles. The molecule has 1 atom stereocenters. The van der Waals surface area contributed by atoms with Gasteiger partial charge in [-0.3, -0.25) is 4.99 Å². The summed E-state index contributed by atoms with van der Waals surface area (Å²) in [6.45, 7) is 9.10. The molecule has 2 fully saturated rings. The zero-order valence-corrected chi connectivity index (χ0v) is 17.9. The highest BCUT2D eigenvalue weighted by molar-refractivity contribution is 14.0. The van der Waals surface area contributed by atoms with Gasteiger partial charge in [-0.15, -0.1) is 24.0 Å². The summed E-state index contributed by atoms with van der Waals surface area (Å²) in [5.41, 5.74) is 2.87. The summed E-state index contributed by atoms with van der Waals surface area (Å²) in [5.74, 6) is 0.902. The summed E-state index contributed by atoms with van der Waals surface area (Å²) >= 11 is 0. The monoisotopic (exact) mass is 458 g/mol. The van der Waals surface area contributed by atoms with E-state index in [-0.39, 0.29) is 29.4 Å². The van der Waals surface area contributed by atoms with Gasteiger partial charge in [0.2, 0.25) is 0 Å². The van der Waals surface area contributed by atoms with E-state index >= 15 is 0 Å². The fourth-order valence-corrected chi connectivity index (χ4v) is 3.32. The second-order valence-electron chi connectivity index (χ2n) is 7.49. The molecule has 0 saturated carbocycles. The molecule has 2 N–H and O–H groups in total. The number of piperidine rings is 1. The predicted molar refractivity (Wildman–Crippen MR) is 115 cm³/mol. The van der Waals surface area contributed by atoms with Gasteiger partial charge in [0.15, 0.2) is 5.96 Å². The van der Waals surface area contributed by atoms with Crippen LogP contribution in [0.4, 0.5) is 5.69 Å². The molecule has 1 aromatic carbocycles. The summed E-state index contributed by atoms with van der Waals surface area (Å²) in [6, 6.07) is 9.25. The molecule has 6 heteroatoms. The van der Waals surface area contributed by atoms with E-state index in [1.807, 2.05) is 7.05 Å². The van der Waals surface area contributed by atoms with E-state index in [2.05, 4.69) is 58.6 Å². The minimum absolute atomic E-state index is 0. The number of halogens is 1. The standard InChI is InChI=1S/C19H30N4O.HI/c1-15-6-8-17(9-7-15)23-10-4-5-16(11-23)22-18(20-3)21-12-19(2)13-24-14-19;/h6-9,16H,4-5,10-14H2,1-3H3,(H2,20,21,22);1H. The van der Waals surface area contributed by atoms with E-state index in [1.54, 1.807) is 0 Å². The second kappa shape index (κ2) is 9.07. The first-order valence-electron chi connectivity index (χ1n) is 8.94. The van der Waals surface area contributed by atoms with E-state index in [9.17, 15) is 0 Å². The molecule has 5 nitrogen and oxygen atoms in total. The summed E-state index contributed by atoms with van der Waals surface area (Å²) in [4.78, 5) is 6.86. The normalized spacial score (nSPS) is 22.6. The Morgan fingerprint density at radius 2 is 2.04 bits per heavy atom. The first-order valence-corrected chi connectivity index (χ1v) is 8.94. The highest BCUT2D eigenvalue weighted by Crippen LogP contribution is 2.25. The Morgan fingerprint density at radius 1 is 1.32 bits per heavy atom. The Balaban J connectivity index is 0.00000225. The smallest absolute Gasteiger partial charge is 0.191 e. The highest BCUT2D eigenvalue weighted by Gasteiger charge is 2.33. The largest absolute Gasteiger partial charge is 0.380 e. The topological polar surface area (TPSA) is 48.9 Å². The number of hydrogen-bond acceptors (Lipinski definition) is 3. The maximum atomic E-state index is 5.32. The Hall–Kier alpha value is -1.02. The van der Waals surface area contributed by atoms with Crippen LogP contribution in [0.5, 0.6) is 0 Å². The van der Waals surface area contributed by atoms with E-state index in [1.165, 1.54) is 24.1 Å². The summed E-state index contributed by atoms with van der Waals surface area (Å²) in [5, 5.41) is 7.06. The quantitative estimate of drug-likeness (QED) is 0.414.